The van der Waals surface area contributed by atoms with Crippen LogP contribution in [0, 0.1) is 31.9 Å². The van der Waals surface area contributed by atoms with Crippen LogP contribution in [0.3, 0.4) is 0 Å². The molecule has 0 atom stereocenters. The maximum atomic E-state index is 13.4. The predicted octanol–water partition coefficient (Wildman–Crippen LogP) is 7.27. The molecule has 4 rings (SSSR count). The van der Waals surface area contributed by atoms with E-state index in [1.807, 2.05) is 0 Å². The first-order chi connectivity index (χ1) is 15.8. The molecule has 0 aliphatic heterocycles. The topological polar surface area (TPSA) is 86.3 Å². The fourth-order valence-electron chi connectivity index (χ4n) is 3.27. The molecule has 0 bridgehead atoms. The molecular weight excluding hydrogens is 450 g/mol. The predicted molar refractivity (Wildman–Crippen MR) is 121 cm³/mol. The molecule has 0 N–H and O–H groups in total. The summed E-state index contributed by atoms with van der Waals surface area (Å²) in [5, 5.41) is 22.6. The van der Waals surface area contributed by atoms with E-state index in [0.29, 0.717) is 32.0 Å². The van der Waals surface area contributed by atoms with Gasteiger partial charge in [0.05, 0.1) is 9.85 Å². The van der Waals surface area contributed by atoms with Gasteiger partial charge in [0.25, 0.3) is 11.4 Å². The molecule has 6 nitrogen and oxygen atoms in total. The molecule has 0 aliphatic rings. The summed E-state index contributed by atoms with van der Waals surface area (Å²) in [5.74, 6) is -0.875. The Bertz CT molecular complexity index is 1260. The molecule has 0 saturated heterocycles. The van der Waals surface area contributed by atoms with E-state index >= 15 is 0 Å². The molecule has 33 heavy (non-hydrogen) atoms. The monoisotopic (exact) mass is 464 g/mol. The highest BCUT2D eigenvalue weighted by Crippen LogP contribution is 2.43. The van der Waals surface area contributed by atoms with E-state index in [0.717, 1.165) is 0 Å². The van der Waals surface area contributed by atoms with Gasteiger partial charge in [-0.3, -0.25) is 20.2 Å². The van der Waals surface area contributed by atoms with Crippen LogP contribution >= 0.6 is 11.8 Å². The number of hydrogen-bond donors (Lipinski definition) is 0. The van der Waals surface area contributed by atoms with Crippen LogP contribution in [0.25, 0.3) is 22.3 Å². The molecule has 0 fully saturated rings. The number of hydrogen-bond acceptors (Lipinski definition) is 5. The maximum absolute atomic E-state index is 13.4. The van der Waals surface area contributed by atoms with Crippen molar-refractivity contribution in [3.63, 3.8) is 0 Å². The zero-order chi connectivity index (χ0) is 23.5. The Balaban J connectivity index is 1.85. The third-order valence-corrected chi connectivity index (χ3v) is 6.03. The van der Waals surface area contributed by atoms with E-state index < -0.39 is 21.5 Å². The third kappa shape index (κ3) is 4.88. The highest BCUT2D eigenvalue weighted by molar-refractivity contribution is 7.99. The lowest BCUT2D eigenvalue weighted by atomic mass is 10.0. The van der Waals surface area contributed by atoms with Gasteiger partial charge >= 0.3 is 0 Å². The van der Waals surface area contributed by atoms with Gasteiger partial charge < -0.3 is 0 Å². The van der Waals surface area contributed by atoms with Crippen LogP contribution in [0.1, 0.15) is 0 Å². The van der Waals surface area contributed by atoms with Crippen molar-refractivity contribution < 1.29 is 18.6 Å². The fourth-order valence-corrected chi connectivity index (χ4v) is 4.35. The molecule has 0 heterocycles. The summed E-state index contributed by atoms with van der Waals surface area (Å²) < 4.78 is 26.9. The van der Waals surface area contributed by atoms with Crippen molar-refractivity contribution in [2.45, 2.75) is 9.79 Å². The Morgan fingerprint density at radius 3 is 1.27 bits per heavy atom. The molecule has 0 radical (unpaired) electrons. The van der Waals surface area contributed by atoms with Gasteiger partial charge in [-0.25, -0.2) is 8.78 Å². The number of nitro groups is 2. The largest absolute Gasteiger partial charge is 0.270 e. The van der Waals surface area contributed by atoms with Crippen molar-refractivity contribution in [3.8, 4) is 22.3 Å². The summed E-state index contributed by atoms with van der Waals surface area (Å²) in [7, 11) is 0. The fraction of sp³-hybridized carbons (Fsp3) is 0. The van der Waals surface area contributed by atoms with Gasteiger partial charge in [0, 0.05) is 45.2 Å². The average molecular weight is 464 g/mol. The second-order valence-corrected chi connectivity index (χ2v) is 8.07. The highest BCUT2D eigenvalue weighted by Gasteiger charge is 2.18. The Morgan fingerprint density at radius 2 is 0.939 bits per heavy atom. The first-order valence-corrected chi connectivity index (χ1v) is 10.4. The van der Waals surface area contributed by atoms with E-state index in [1.165, 1.54) is 84.6 Å². The van der Waals surface area contributed by atoms with Crippen LogP contribution in [0.5, 0.6) is 0 Å². The summed E-state index contributed by atoms with van der Waals surface area (Å²) in [6.07, 6.45) is 0. The summed E-state index contributed by atoms with van der Waals surface area (Å²) in [4.78, 5) is 22.9. The van der Waals surface area contributed by atoms with Crippen molar-refractivity contribution in [2.75, 3.05) is 0 Å². The molecule has 9 heteroatoms. The smallest absolute Gasteiger partial charge is 0.258 e. The van der Waals surface area contributed by atoms with Crippen molar-refractivity contribution in [3.05, 3.63) is 117 Å². The molecule has 0 aliphatic carbocycles. The Morgan fingerprint density at radius 1 is 0.576 bits per heavy atom. The molecule has 4 aromatic rings. The zero-order valence-electron chi connectivity index (χ0n) is 16.8. The normalized spacial score (nSPS) is 10.7. The molecule has 0 amide bonds. The lowest BCUT2D eigenvalue weighted by Crippen LogP contribution is -1.93. The van der Waals surface area contributed by atoms with Crippen molar-refractivity contribution in [1.82, 2.24) is 0 Å². The number of benzene rings is 4. The van der Waals surface area contributed by atoms with E-state index in [9.17, 15) is 29.0 Å². The lowest BCUT2D eigenvalue weighted by Gasteiger charge is -2.13. The number of halogens is 2. The van der Waals surface area contributed by atoms with Crippen LogP contribution in [0.15, 0.2) is 94.7 Å². The number of non-ortho nitro benzene ring substituents is 2. The Labute approximate surface area is 190 Å². The van der Waals surface area contributed by atoms with Crippen molar-refractivity contribution in [1.29, 1.82) is 0 Å². The van der Waals surface area contributed by atoms with E-state index in [2.05, 4.69) is 0 Å². The van der Waals surface area contributed by atoms with E-state index in [4.69, 9.17) is 0 Å². The van der Waals surface area contributed by atoms with Gasteiger partial charge in [0.2, 0.25) is 0 Å². The van der Waals surface area contributed by atoms with Gasteiger partial charge in [-0.05, 0) is 47.5 Å². The molecule has 0 unspecified atom stereocenters. The van der Waals surface area contributed by atoms with Crippen LogP contribution in [0.4, 0.5) is 20.2 Å². The second-order valence-electron chi connectivity index (χ2n) is 6.99. The molecule has 0 saturated carbocycles. The molecule has 0 spiro atoms. The van der Waals surface area contributed by atoms with Crippen molar-refractivity contribution in [2.24, 2.45) is 0 Å². The van der Waals surface area contributed by atoms with Gasteiger partial charge in [0.15, 0.2) is 0 Å². The third-order valence-electron chi connectivity index (χ3n) is 4.88. The van der Waals surface area contributed by atoms with Gasteiger partial charge in [0.1, 0.15) is 11.6 Å². The summed E-state index contributed by atoms with van der Waals surface area (Å²) >= 11 is 1.25. The lowest BCUT2D eigenvalue weighted by molar-refractivity contribution is -0.385. The summed E-state index contributed by atoms with van der Waals surface area (Å²) in [5.41, 5.74) is 1.93. The maximum Gasteiger partial charge on any atom is 0.270 e. The van der Waals surface area contributed by atoms with Crippen LogP contribution in [-0.4, -0.2) is 9.85 Å². The van der Waals surface area contributed by atoms with Gasteiger partial charge in [-0.2, -0.15) is 0 Å². The van der Waals surface area contributed by atoms with Crippen LogP contribution in [0.2, 0.25) is 0 Å². The minimum Gasteiger partial charge on any atom is -0.258 e. The molecule has 4 aromatic carbocycles. The van der Waals surface area contributed by atoms with Crippen molar-refractivity contribution >= 4 is 23.1 Å². The van der Waals surface area contributed by atoms with Gasteiger partial charge in [-0.15, -0.1) is 0 Å². The SMILES string of the molecule is O=[N+]([O-])c1ccc(Sc2ccc([N+](=O)[O-])cc2-c2ccc(F)cc2)c(-c2ccc(F)cc2)c1. The second kappa shape index (κ2) is 9.17. The first kappa shape index (κ1) is 22.1. The minimum absolute atomic E-state index is 0.124. The average Bonchev–Trinajstić information content (AvgIpc) is 2.80. The first-order valence-electron chi connectivity index (χ1n) is 9.58. The standard InChI is InChI=1S/C24H14F2N2O4S/c25-17-5-1-15(2-6-17)21-13-19(27(29)30)9-11-23(21)33-24-12-10-20(28(31)32)14-22(24)16-3-7-18(26)8-4-16/h1-14H. The number of nitro benzene ring substituents is 2. The summed E-state index contributed by atoms with van der Waals surface area (Å²) in [6, 6.07) is 19.8. The number of nitrogens with zero attached hydrogens (tertiary/aromatic N) is 2. The molecule has 164 valence electrons. The highest BCUT2D eigenvalue weighted by atomic mass is 32.2. The number of rotatable bonds is 6. The Hall–Kier alpha value is -4.11. The van der Waals surface area contributed by atoms with Crippen LogP contribution < -0.4 is 0 Å². The van der Waals surface area contributed by atoms with Gasteiger partial charge in [-0.1, -0.05) is 36.0 Å². The van der Waals surface area contributed by atoms with E-state index in [-0.39, 0.29) is 11.4 Å². The molecule has 0 aromatic heterocycles. The summed E-state index contributed by atoms with van der Waals surface area (Å²) in [6.45, 7) is 0. The molecular formula is C24H14F2N2O4S. The zero-order valence-corrected chi connectivity index (χ0v) is 17.6. The minimum atomic E-state index is -0.517. The quantitative estimate of drug-likeness (QED) is 0.221. The van der Waals surface area contributed by atoms with E-state index in [1.54, 1.807) is 12.1 Å². The van der Waals surface area contributed by atoms with Crippen LogP contribution in [-0.2, 0) is 0 Å². The Kier molecular flexibility index (Phi) is 6.14.